The van der Waals surface area contributed by atoms with Gasteiger partial charge in [0, 0.05) is 12.6 Å². The third kappa shape index (κ3) is 3.56. The number of aromatic nitrogens is 1. The zero-order valence-corrected chi connectivity index (χ0v) is 13.0. The van der Waals surface area contributed by atoms with Crippen molar-refractivity contribution in [2.75, 3.05) is 13.2 Å². The van der Waals surface area contributed by atoms with Crippen molar-refractivity contribution < 1.29 is 28.7 Å². The fourth-order valence-corrected chi connectivity index (χ4v) is 2.26. The van der Waals surface area contributed by atoms with Crippen molar-refractivity contribution in [1.29, 1.82) is 0 Å². The van der Waals surface area contributed by atoms with Crippen LogP contribution < -0.4 is 0 Å². The smallest absolute Gasteiger partial charge is 0.411 e. The number of morpholine rings is 1. The molecule has 1 amide bonds. The molecule has 1 saturated heterocycles. The van der Waals surface area contributed by atoms with Gasteiger partial charge in [0.1, 0.15) is 11.6 Å². The molecule has 122 valence electrons. The van der Waals surface area contributed by atoms with Crippen LogP contribution in [0.4, 0.5) is 4.79 Å². The highest BCUT2D eigenvalue weighted by Crippen LogP contribution is 2.31. The molecule has 0 saturated carbocycles. The van der Waals surface area contributed by atoms with Crippen LogP contribution in [0.2, 0.25) is 0 Å². The lowest BCUT2D eigenvalue weighted by Gasteiger charge is -2.38. The number of nitrogens with zero attached hydrogens (tertiary/aromatic N) is 2. The zero-order chi connectivity index (χ0) is 16.5. The van der Waals surface area contributed by atoms with Gasteiger partial charge in [-0.3, -0.25) is 4.90 Å². The van der Waals surface area contributed by atoms with Crippen molar-refractivity contribution in [3.63, 3.8) is 0 Å². The minimum Gasteiger partial charge on any atom is -0.476 e. The summed E-state index contributed by atoms with van der Waals surface area (Å²) < 4.78 is 16.0. The Labute approximate surface area is 128 Å². The van der Waals surface area contributed by atoms with Crippen LogP contribution in [0.5, 0.6) is 0 Å². The minimum atomic E-state index is -1.19. The summed E-state index contributed by atoms with van der Waals surface area (Å²) in [6.45, 7) is 7.82. The van der Waals surface area contributed by atoms with Crippen molar-refractivity contribution in [1.82, 2.24) is 10.1 Å². The monoisotopic (exact) mass is 312 g/mol. The molecule has 1 N–H and O–H groups in total. The molecule has 1 aromatic rings. The van der Waals surface area contributed by atoms with Crippen LogP contribution in [0.1, 0.15) is 50.0 Å². The standard InChI is InChI=1S/C14H20N2O6/c1-8-11(10-7-9(12(17)18)15-22-10)16(5-6-20-8)13(19)21-14(2,3)4/h7-8,11H,5-6H2,1-4H3,(H,17,18)/t8-,11?/m1/s1. The first-order valence-electron chi connectivity index (χ1n) is 7.00. The molecule has 1 unspecified atom stereocenters. The number of hydrogen-bond donors (Lipinski definition) is 1. The van der Waals surface area contributed by atoms with E-state index in [0.29, 0.717) is 13.2 Å². The Balaban J connectivity index is 2.26. The Kier molecular flexibility index (Phi) is 4.41. The van der Waals surface area contributed by atoms with E-state index in [1.165, 1.54) is 11.0 Å². The summed E-state index contributed by atoms with van der Waals surface area (Å²) in [5, 5.41) is 12.4. The second-order valence-corrected chi connectivity index (χ2v) is 6.11. The van der Waals surface area contributed by atoms with E-state index in [9.17, 15) is 9.59 Å². The van der Waals surface area contributed by atoms with Crippen LogP contribution in [0.3, 0.4) is 0 Å². The van der Waals surface area contributed by atoms with Crippen LogP contribution in [0, 0.1) is 0 Å². The van der Waals surface area contributed by atoms with Crippen molar-refractivity contribution >= 4 is 12.1 Å². The van der Waals surface area contributed by atoms with Gasteiger partial charge in [-0.25, -0.2) is 9.59 Å². The summed E-state index contributed by atoms with van der Waals surface area (Å²) in [5.41, 5.74) is -0.839. The number of carboxylic acid groups (broad SMARTS) is 1. The summed E-state index contributed by atoms with van der Waals surface area (Å²) in [5.74, 6) is -0.932. The number of carboxylic acids is 1. The Morgan fingerprint density at radius 3 is 2.68 bits per heavy atom. The summed E-state index contributed by atoms with van der Waals surface area (Å²) >= 11 is 0. The third-order valence-electron chi connectivity index (χ3n) is 3.16. The molecule has 2 heterocycles. The highest BCUT2D eigenvalue weighted by molar-refractivity contribution is 5.85. The molecule has 1 aliphatic heterocycles. The normalized spacial score (nSPS) is 22.5. The van der Waals surface area contributed by atoms with Gasteiger partial charge in [-0.1, -0.05) is 5.16 Å². The highest BCUT2D eigenvalue weighted by Gasteiger charge is 2.39. The van der Waals surface area contributed by atoms with E-state index in [1.54, 1.807) is 27.7 Å². The van der Waals surface area contributed by atoms with E-state index in [2.05, 4.69) is 5.16 Å². The number of carbonyl (C=O) groups excluding carboxylic acids is 1. The van der Waals surface area contributed by atoms with Gasteiger partial charge in [0.15, 0.2) is 11.5 Å². The molecule has 0 aromatic carbocycles. The SMILES string of the molecule is C[C@H]1OCCN(C(=O)OC(C)(C)C)C1c1cc(C(=O)O)no1. The van der Waals surface area contributed by atoms with Gasteiger partial charge in [-0.05, 0) is 27.7 Å². The second kappa shape index (κ2) is 5.96. The largest absolute Gasteiger partial charge is 0.476 e. The average molecular weight is 312 g/mol. The number of aromatic carboxylic acids is 1. The quantitative estimate of drug-likeness (QED) is 0.891. The van der Waals surface area contributed by atoms with Crippen molar-refractivity contribution in [2.45, 2.75) is 45.4 Å². The molecule has 8 nitrogen and oxygen atoms in total. The number of carbonyl (C=O) groups is 2. The van der Waals surface area contributed by atoms with Gasteiger partial charge >= 0.3 is 12.1 Å². The van der Waals surface area contributed by atoms with Crippen LogP contribution in [0.15, 0.2) is 10.6 Å². The van der Waals surface area contributed by atoms with Gasteiger partial charge < -0.3 is 19.1 Å². The molecule has 1 fully saturated rings. The fourth-order valence-electron chi connectivity index (χ4n) is 2.26. The number of amides is 1. The van der Waals surface area contributed by atoms with Gasteiger partial charge in [-0.2, -0.15) is 0 Å². The maximum Gasteiger partial charge on any atom is 0.411 e. The maximum absolute atomic E-state index is 12.4. The average Bonchev–Trinajstić information content (AvgIpc) is 2.85. The van der Waals surface area contributed by atoms with E-state index in [4.69, 9.17) is 19.1 Å². The third-order valence-corrected chi connectivity index (χ3v) is 3.16. The van der Waals surface area contributed by atoms with Gasteiger partial charge in [0.25, 0.3) is 0 Å². The lowest BCUT2D eigenvalue weighted by molar-refractivity contribution is -0.0761. The van der Waals surface area contributed by atoms with Crippen molar-refractivity contribution in [3.05, 3.63) is 17.5 Å². The molecule has 0 radical (unpaired) electrons. The van der Waals surface area contributed by atoms with Gasteiger partial charge in [-0.15, -0.1) is 0 Å². The lowest BCUT2D eigenvalue weighted by atomic mass is 10.1. The number of ether oxygens (including phenoxy) is 2. The summed E-state index contributed by atoms with van der Waals surface area (Å²) in [6, 6.07) is 0.722. The molecular formula is C14H20N2O6. The second-order valence-electron chi connectivity index (χ2n) is 6.11. The first kappa shape index (κ1) is 16.3. The number of hydrogen-bond acceptors (Lipinski definition) is 6. The molecular weight excluding hydrogens is 292 g/mol. The molecule has 0 bridgehead atoms. The predicted molar refractivity (Wildman–Crippen MR) is 74.6 cm³/mol. The summed E-state index contributed by atoms with van der Waals surface area (Å²) in [7, 11) is 0. The van der Waals surface area contributed by atoms with Crippen LogP contribution >= 0.6 is 0 Å². The molecule has 1 aliphatic rings. The molecule has 8 heteroatoms. The fraction of sp³-hybridized carbons (Fsp3) is 0.643. The zero-order valence-electron chi connectivity index (χ0n) is 13.0. The van der Waals surface area contributed by atoms with Crippen molar-refractivity contribution in [3.8, 4) is 0 Å². The molecule has 2 atom stereocenters. The minimum absolute atomic E-state index is 0.211. The number of rotatable bonds is 2. The van der Waals surface area contributed by atoms with E-state index < -0.39 is 23.7 Å². The summed E-state index contributed by atoms with van der Waals surface area (Å²) in [4.78, 5) is 24.8. The van der Waals surface area contributed by atoms with Crippen molar-refractivity contribution in [2.24, 2.45) is 0 Å². The van der Waals surface area contributed by atoms with Gasteiger partial charge in [0.2, 0.25) is 0 Å². The van der Waals surface area contributed by atoms with Crippen LogP contribution in [-0.2, 0) is 9.47 Å². The molecule has 1 aromatic heterocycles. The first-order valence-corrected chi connectivity index (χ1v) is 7.00. The maximum atomic E-state index is 12.4. The molecule has 22 heavy (non-hydrogen) atoms. The van der Waals surface area contributed by atoms with Crippen LogP contribution in [0.25, 0.3) is 0 Å². The van der Waals surface area contributed by atoms with E-state index in [0.717, 1.165) is 0 Å². The first-order chi connectivity index (χ1) is 10.2. The topological polar surface area (TPSA) is 102 Å². The molecule has 0 aliphatic carbocycles. The highest BCUT2D eigenvalue weighted by atomic mass is 16.6. The Morgan fingerprint density at radius 2 is 2.14 bits per heavy atom. The predicted octanol–water partition coefficient (Wildman–Crippen LogP) is 2.07. The Bertz CT molecular complexity index is 562. The molecule has 2 rings (SSSR count). The Morgan fingerprint density at radius 1 is 1.45 bits per heavy atom. The van der Waals surface area contributed by atoms with Crippen LogP contribution in [-0.4, -0.2) is 52.1 Å². The summed E-state index contributed by atoms with van der Waals surface area (Å²) in [6.07, 6.45) is -0.864. The van der Waals surface area contributed by atoms with E-state index in [1.807, 2.05) is 0 Å². The Hall–Kier alpha value is -2.09. The molecule has 0 spiro atoms. The van der Waals surface area contributed by atoms with Gasteiger partial charge in [0.05, 0.1) is 12.7 Å². The van der Waals surface area contributed by atoms with E-state index in [-0.39, 0.29) is 17.6 Å². The van der Waals surface area contributed by atoms with E-state index >= 15 is 0 Å². The lowest BCUT2D eigenvalue weighted by Crippen LogP contribution is -2.48.